The second kappa shape index (κ2) is 7.18. The number of hydrogen-bond donors (Lipinski definition) is 0. The van der Waals surface area contributed by atoms with Crippen LogP contribution in [0, 0.1) is 11.8 Å². The predicted molar refractivity (Wildman–Crippen MR) is 75.1 cm³/mol. The molecule has 94 valence electrons. The fourth-order valence-corrected chi connectivity index (χ4v) is 3.01. The maximum Gasteiger partial charge on any atom is 0.127 e. The molecule has 0 fully saturated rings. The molecule has 0 N–H and O–H groups in total. The molecule has 0 aliphatic carbocycles. The molecule has 0 rings (SSSR count). The topological polar surface area (TPSA) is 23.1 Å². The molecule has 0 aromatic carbocycles. The maximum atomic E-state index is 11.7. The van der Waals surface area contributed by atoms with Crippen molar-refractivity contribution >= 4 is 11.2 Å². The van der Waals surface area contributed by atoms with Gasteiger partial charge < -0.3 is 4.55 Å². The van der Waals surface area contributed by atoms with Crippen LogP contribution in [0.15, 0.2) is 23.3 Å². The summed E-state index contributed by atoms with van der Waals surface area (Å²) in [6.07, 6.45) is 0. The lowest BCUT2D eigenvalue weighted by molar-refractivity contribution is 0.593. The molecule has 0 spiro atoms. The van der Waals surface area contributed by atoms with Gasteiger partial charge in [-0.25, -0.2) is 0 Å². The maximum absolute atomic E-state index is 11.7. The summed E-state index contributed by atoms with van der Waals surface area (Å²) in [5, 5.41) is 0. The van der Waals surface area contributed by atoms with Gasteiger partial charge in [0.15, 0.2) is 0 Å². The zero-order chi connectivity index (χ0) is 12.9. The van der Waals surface area contributed by atoms with E-state index in [4.69, 9.17) is 0 Å². The molecule has 0 aromatic heterocycles. The van der Waals surface area contributed by atoms with Crippen molar-refractivity contribution in [2.45, 2.75) is 41.5 Å². The van der Waals surface area contributed by atoms with Crippen molar-refractivity contribution in [3.8, 4) is 0 Å². The summed E-state index contributed by atoms with van der Waals surface area (Å²) in [6.45, 7) is 16.8. The quantitative estimate of drug-likeness (QED) is 0.511. The van der Waals surface area contributed by atoms with E-state index in [1.54, 1.807) is 0 Å². The van der Waals surface area contributed by atoms with Gasteiger partial charge in [0, 0.05) is 0 Å². The minimum absolute atomic E-state index is 0.449. The largest absolute Gasteiger partial charge is 0.616 e. The van der Waals surface area contributed by atoms with Gasteiger partial charge in [0.1, 0.15) is 11.5 Å². The van der Waals surface area contributed by atoms with Crippen LogP contribution in [0.4, 0.5) is 0 Å². The normalized spacial score (nSPS) is 15.3. The molecular formula is C14H26OS. The average molecular weight is 242 g/mol. The van der Waals surface area contributed by atoms with E-state index >= 15 is 0 Å². The van der Waals surface area contributed by atoms with E-state index < -0.39 is 11.2 Å². The average Bonchev–Trinajstić information content (AvgIpc) is 2.14. The van der Waals surface area contributed by atoms with E-state index in [1.165, 1.54) is 11.1 Å². The van der Waals surface area contributed by atoms with Crippen LogP contribution >= 0.6 is 0 Å². The van der Waals surface area contributed by atoms with E-state index in [0.29, 0.717) is 17.6 Å². The summed E-state index contributed by atoms with van der Waals surface area (Å²) in [5.41, 5.74) is 3.76. The van der Waals surface area contributed by atoms with Gasteiger partial charge in [0.2, 0.25) is 0 Å². The Hall–Kier alpha value is -0.210. The van der Waals surface area contributed by atoms with Gasteiger partial charge in [-0.2, -0.15) is 0 Å². The second-order valence-electron chi connectivity index (χ2n) is 4.90. The molecule has 0 saturated carbocycles. The van der Waals surface area contributed by atoms with Crippen molar-refractivity contribution < 1.29 is 4.55 Å². The SMILES string of the molecule is C=C(C)/C(=C(\C[S+]([O-])CC)C(C)C)C(C)C. The van der Waals surface area contributed by atoms with Gasteiger partial charge in [0.05, 0.1) is 0 Å². The third-order valence-electron chi connectivity index (χ3n) is 2.72. The first-order valence-corrected chi connectivity index (χ1v) is 7.53. The van der Waals surface area contributed by atoms with E-state index in [-0.39, 0.29) is 0 Å². The molecule has 1 nitrogen and oxygen atoms in total. The highest BCUT2D eigenvalue weighted by Crippen LogP contribution is 2.27. The minimum Gasteiger partial charge on any atom is -0.616 e. The van der Waals surface area contributed by atoms with Gasteiger partial charge in [0.25, 0.3) is 0 Å². The molecule has 0 aliphatic rings. The second-order valence-corrected chi connectivity index (χ2v) is 6.65. The third-order valence-corrected chi connectivity index (χ3v) is 4.00. The minimum atomic E-state index is -0.730. The summed E-state index contributed by atoms with van der Waals surface area (Å²) in [5.74, 6) is 2.35. The van der Waals surface area contributed by atoms with Crippen LogP contribution in [0.3, 0.4) is 0 Å². The van der Waals surface area contributed by atoms with E-state index in [0.717, 1.165) is 11.3 Å². The standard InChI is InChI=1S/C14H26OS/c1-8-16(15)9-13(10(2)3)14(11(4)5)12(6)7/h10,12H,4,8-9H2,1-3,5-7H3/b14-13-. The van der Waals surface area contributed by atoms with Crippen LogP contribution in [0.1, 0.15) is 41.5 Å². The summed E-state index contributed by atoms with van der Waals surface area (Å²) in [4.78, 5) is 0. The number of allylic oxidation sites excluding steroid dienone is 2. The zero-order valence-corrected chi connectivity index (χ0v) is 12.4. The molecule has 1 unspecified atom stereocenters. The number of rotatable bonds is 6. The molecule has 0 amide bonds. The van der Waals surface area contributed by atoms with Crippen molar-refractivity contribution in [3.63, 3.8) is 0 Å². The lowest BCUT2D eigenvalue weighted by Gasteiger charge is -2.22. The molecule has 16 heavy (non-hydrogen) atoms. The molecule has 2 heteroatoms. The molecule has 0 heterocycles. The highest BCUT2D eigenvalue weighted by molar-refractivity contribution is 7.91. The molecule has 0 aromatic rings. The Balaban J connectivity index is 5.24. The van der Waals surface area contributed by atoms with Crippen molar-refractivity contribution in [3.05, 3.63) is 23.3 Å². The smallest absolute Gasteiger partial charge is 0.127 e. The van der Waals surface area contributed by atoms with Crippen molar-refractivity contribution in [2.24, 2.45) is 11.8 Å². The van der Waals surface area contributed by atoms with Gasteiger partial charge >= 0.3 is 0 Å². The Morgan fingerprint density at radius 3 is 1.94 bits per heavy atom. The number of hydrogen-bond acceptors (Lipinski definition) is 1. The Kier molecular flexibility index (Phi) is 7.09. The predicted octanol–water partition coefficient (Wildman–Crippen LogP) is 3.94. The first-order chi connectivity index (χ1) is 7.31. The van der Waals surface area contributed by atoms with Crippen LogP contribution in [0.25, 0.3) is 0 Å². The van der Waals surface area contributed by atoms with Crippen LogP contribution in [-0.2, 0) is 11.2 Å². The van der Waals surface area contributed by atoms with Crippen LogP contribution in [0.2, 0.25) is 0 Å². The van der Waals surface area contributed by atoms with E-state index in [1.807, 2.05) is 13.8 Å². The van der Waals surface area contributed by atoms with Crippen molar-refractivity contribution in [1.29, 1.82) is 0 Å². The van der Waals surface area contributed by atoms with Gasteiger partial charge in [-0.05, 0) is 48.0 Å². The van der Waals surface area contributed by atoms with E-state index in [2.05, 4.69) is 34.3 Å². The molecule has 0 saturated heterocycles. The summed E-state index contributed by atoms with van der Waals surface area (Å²) < 4.78 is 11.7. The van der Waals surface area contributed by atoms with Crippen molar-refractivity contribution in [2.75, 3.05) is 11.5 Å². The Morgan fingerprint density at radius 2 is 1.69 bits per heavy atom. The molecule has 0 bridgehead atoms. The van der Waals surface area contributed by atoms with Gasteiger partial charge in [-0.3, -0.25) is 0 Å². The molecule has 0 radical (unpaired) electrons. The highest BCUT2D eigenvalue weighted by atomic mass is 32.2. The Labute approximate surface area is 104 Å². The Morgan fingerprint density at radius 1 is 1.19 bits per heavy atom. The highest BCUT2D eigenvalue weighted by Gasteiger charge is 2.18. The lowest BCUT2D eigenvalue weighted by Crippen LogP contribution is -2.17. The first-order valence-electron chi connectivity index (χ1n) is 6.04. The van der Waals surface area contributed by atoms with Crippen molar-refractivity contribution in [1.82, 2.24) is 0 Å². The summed E-state index contributed by atoms with van der Waals surface area (Å²) >= 11 is -0.730. The fraction of sp³-hybridized carbons (Fsp3) is 0.714. The first kappa shape index (κ1) is 15.8. The van der Waals surface area contributed by atoms with E-state index in [9.17, 15) is 4.55 Å². The Bertz CT molecular complexity index is 264. The molecular weight excluding hydrogens is 216 g/mol. The van der Waals surface area contributed by atoms with Crippen LogP contribution in [0.5, 0.6) is 0 Å². The van der Waals surface area contributed by atoms with Gasteiger partial charge in [-0.15, -0.1) is 0 Å². The van der Waals surface area contributed by atoms with Crippen LogP contribution < -0.4 is 0 Å². The molecule has 0 aliphatic heterocycles. The fourth-order valence-electron chi connectivity index (χ4n) is 1.97. The van der Waals surface area contributed by atoms with Crippen LogP contribution in [-0.4, -0.2) is 16.1 Å². The van der Waals surface area contributed by atoms with Gasteiger partial charge in [-0.1, -0.05) is 39.8 Å². The molecule has 1 atom stereocenters. The summed E-state index contributed by atoms with van der Waals surface area (Å²) in [6, 6.07) is 0. The lowest BCUT2D eigenvalue weighted by atomic mass is 9.88. The monoisotopic (exact) mass is 242 g/mol. The summed E-state index contributed by atoms with van der Waals surface area (Å²) in [7, 11) is 0. The zero-order valence-electron chi connectivity index (χ0n) is 11.6. The third kappa shape index (κ3) is 4.75.